The molecule has 0 bridgehead atoms. The van der Waals surface area contributed by atoms with Gasteiger partial charge in [0.05, 0.1) is 6.61 Å². The number of nitrogens with zero attached hydrogens (tertiary/aromatic N) is 2. The third-order valence-electron chi connectivity index (χ3n) is 4.92. The third kappa shape index (κ3) is 3.38. The van der Waals surface area contributed by atoms with E-state index in [1.54, 1.807) is 29.7 Å². The van der Waals surface area contributed by atoms with E-state index in [1.165, 1.54) is 0 Å². The molecule has 0 aromatic heterocycles. The van der Waals surface area contributed by atoms with Gasteiger partial charge in [0, 0.05) is 31.3 Å². The molecule has 0 unspecified atom stereocenters. The Morgan fingerprint density at radius 2 is 2.00 bits per heavy atom. The van der Waals surface area contributed by atoms with E-state index >= 15 is 0 Å². The second-order valence-corrected chi connectivity index (χ2v) is 6.53. The second-order valence-electron chi connectivity index (χ2n) is 6.53. The average molecular weight is 344 g/mol. The minimum Gasteiger partial charge on any atom is -0.464 e. The lowest BCUT2D eigenvalue weighted by Gasteiger charge is -2.34. The molecule has 0 aliphatic carbocycles. The van der Waals surface area contributed by atoms with Crippen molar-refractivity contribution in [3.8, 4) is 0 Å². The summed E-state index contributed by atoms with van der Waals surface area (Å²) in [6.45, 7) is 4.85. The molecule has 6 nitrogen and oxygen atoms in total. The molecular formula is C19H24N2O4. The van der Waals surface area contributed by atoms with Gasteiger partial charge < -0.3 is 14.5 Å². The number of rotatable bonds is 3. The molecule has 1 aromatic rings. The lowest BCUT2D eigenvalue weighted by Crippen LogP contribution is -2.48. The van der Waals surface area contributed by atoms with Crippen molar-refractivity contribution in [3.05, 3.63) is 29.3 Å². The van der Waals surface area contributed by atoms with E-state index in [0.29, 0.717) is 31.7 Å². The fourth-order valence-corrected chi connectivity index (χ4v) is 3.69. The number of carbonyl (C=O) groups excluding carboxylic acids is 3. The number of likely N-dealkylation sites (tertiary alicyclic amines) is 1. The molecule has 2 aliphatic rings. The number of carbonyl (C=O) groups is 3. The van der Waals surface area contributed by atoms with Crippen molar-refractivity contribution in [2.45, 2.75) is 45.6 Å². The summed E-state index contributed by atoms with van der Waals surface area (Å²) in [6.07, 6.45) is 3.21. The second kappa shape index (κ2) is 7.25. The number of hydrogen-bond acceptors (Lipinski definition) is 4. The van der Waals surface area contributed by atoms with E-state index in [-0.39, 0.29) is 17.8 Å². The van der Waals surface area contributed by atoms with Gasteiger partial charge in [0.25, 0.3) is 5.91 Å². The SMILES string of the molecule is CCOC(=O)[C@@H]1CCCCN1C(=O)c1ccc2c(c1)CCN2C(C)=O. The molecule has 2 heterocycles. The Kier molecular flexibility index (Phi) is 5.06. The van der Waals surface area contributed by atoms with E-state index < -0.39 is 6.04 Å². The van der Waals surface area contributed by atoms with Crippen LogP contribution >= 0.6 is 0 Å². The monoisotopic (exact) mass is 344 g/mol. The highest BCUT2D eigenvalue weighted by Crippen LogP contribution is 2.30. The van der Waals surface area contributed by atoms with Crippen molar-refractivity contribution in [1.29, 1.82) is 0 Å². The zero-order valence-electron chi connectivity index (χ0n) is 14.8. The number of piperidine rings is 1. The number of fused-ring (bicyclic) bond motifs is 1. The maximum atomic E-state index is 13.0. The summed E-state index contributed by atoms with van der Waals surface area (Å²) >= 11 is 0. The maximum absolute atomic E-state index is 13.0. The first-order chi connectivity index (χ1) is 12.0. The molecule has 0 saturated carbocycles. The van der Waals surface area contributed by atoms with Crippen LogP contribution in [0.4, 0.5) is 5.69 Å². The smallest absolute Gasteiger partial charge is 0.328 e. The Hall–Kier alpha value is -2.37. The van der Waals surface area contributed by atoms with Gasteiger partial charge in [0.1, 0.15) is 6.04 Å². The van der Waals surface area contributed by atoms with Gasteiger partial charge in [-0.1, -0.05) is 0 Å². The molecule has 1 fully saturated rings. The average Bonchev–Trinajstić information content (AvgIpc) is 3.04. The van der Waals surface area contributed by atoms with Gasteiger partial charge >= 0.3 is 5.97 Å². The van der Waals surface area contributed by atoms with Crippen LogP contribution < -0.4 is 4.90 Å². The van der Waals surface area contributed by atoms with E-state index in [2.05, 4.69) is 0 Å². The number of esters is 1. The largest absolute Gasteiger partial charge is 0.464 e. The summed E-state index contributed by atoms with van der Waals surface area (Å²) in [7, 11) is 0. The van der Waals surface area contributed by atoms with Crippen LogP contribution in [-0.2, 0) is 20.7 Å². The molecule has 2 aliphatic heterocycles. The highest BCUT2D eigenvalue weighted by molar-refractivity contribution is 5.99. The fraction of sp³-hybridized carbons (Fsp3) is 0.526. The quantitative estimate of drug-likeness (QED) is 0.788. The van der Waals surface area contributed by atoms with Crippen LogP contribution in [0.3, 0.4) is 0 Å². The molecule has 6 heteroatoms. The molecule has 3 rings (SSSR count). The predicted octanol–water partition coefficient (Wildman–Crippen LogP) is 2.15. The number of anilines is 1. The minimum atomic E-state index is -0.497. The first kappa shape index (κ1) is 17.5. The molecule has 1 aromatic carbocycles. The van der Waals surface area contributed by atoms with Crippen molar-refractivity contribution >= 4 is 23.5 Å². The van der Waals surface area contributed by atoms with Gasteiger partial charge in [-0.15, -0.1) is 0 Å². The number of amides is 2. The molecule has 0 N–H and O–H groups in total. The van der Waals surface area contributed by atoms with Crippen LogP contribution in [-0.4, -0.2) is 48.4 Å². The Morgan fingerprint density at radius 1 is 1.20 bits per heavy atom. The zero-order chi connectivity index (χ0) is 18.0. The minimum absolute atomic E-state index is 0.0104. The highest BCUT2D eigenvalue weighted by atomic mass is 16.5. The predicted molar refractivity (Wildman–Crippen MR) is 93.5 cm³/mol. The molecule has 134 valence electrons. The molecule has 25 heavy (non-hydrogen) atoms. The van der Waals surface area contributed by atoms with Crippen molar-refractivity contribution in [1.82, 2.24) is 4.90 Å². The zero-order valence-corrected chi connectivity index (χ0v) is 14.8. The third-order valence-corrected chi connectivity index (χ3v) is 4.92. The Bertz CT molecular complexity index is 701. The Morgan fingerprint density at radius 3 is 2.72 bits per heavy atom. The number of hydrogen-bond donors (Lipinski definition) is 0. The number of benzene rings is 1. The van der Waals surface area contributed by atoms with Crippen molar-refractivity contribution in [3.63, 3.8) is 0 Å². The fourth-order valence-electron chi connectivity index (χ4n) is 3.69. The Balaban J connectivity index is 1.82. The molecule has 2 amide bonds. The molecule has 1 saturated heterocycles. The van der Waals surface area contributed by atoms with Gasteiger partial charge in [-0.05, 0) is 56.4 Å². The maximum Gasteiger partial charge on any atom is 0.328 e. The van der Waals surface area contributed by atoms with E-state index in [0.717, 1.165) is 30.5 Å². The van der Waals surface area contributed by atoms with Gasteiger partial charge in [0.15, 0.2) is 0 Å². The van der Waals surface area contributed by atoms with Crippen LogP contribution in [0.2, 0.25) is 0 Å². The van der Waals surface area contributed by atoms with Crippen molar-refractivity contribution in [2.75, 3.05) is 24.6 Å². The Labute approximate surface area is 147 Å². The summed E-state index contributed by atoms with van der Waals surface area (Å²) in [4.78, 5) is 40.2. The van der Waals surface area contributed by atoms with E-state index in [9.17, 15) is 14.4 Å². The van der Waals surface area contributed by atoms with Crippen LogP contribution in [0.25, 0.3) is 0 Å². The summed E-state index contributed by atoms with van der Waals surface area (Å²) in [5, 5.41) is 0. The lowest BCUT2D eigenvalue weighted by atomic mass is 10.00. The summed E-state index contributed by atoms with van der Waals surface area (Å²) in [6, 6.07) is 4.94. The molecule has 0 radical (unpaired) electrons. The van der Waals surface area contributed by atoms with Crippen LogP contribution in [0.15, 0.2) is 18.2 Å². The summed E-state index contributed by atoms with van der Waals surface area (Å²) in [5.41, 5.74) is 2.45. The van der Waals surface area contributed by atoms with E-state index in [4.69, 9.17) is 4.74 Å². The highest BCUT2D eigenvalue weighted by Gasteiger charge is 2.34. The van der Waals surface area contributed by atoms with Crippen molar-refractivity contribution in [2.24, 2.45) is 0 Å². The lowest BCUT2D eigenvalue weighted by molar-refractivity contribution is -0.149. The summed E-state index contributed by atoms with van der Waals surface area (Å²) < 4.78 is 5.14. The van der Waals surface area contributed by atoms with Crippen molar-refractivity contribution < 1.29 is 19.1 Å². The van der Waals surface area contributed by atoms with Crippen LogP contribution in [0.5, 0.6) is 0 Å². The van der Waals surface area contributed by atoms with Crippen LogP contribution in [0.1, 0.15) is 49.0 Å². The van der Waals surface area contributed by atoms with Gasteiger partial charge in [0.2, 0.25) is 5.91 Å². The van der Waals surface area contributed by atoms with Gasteiger partial charge in [-0.3, -0.25) is 9.59 Å². The molecule has 0 spiro atoms. The van der Waals surface area contributed by atoms with Gasteiger partial charge in [-0.25, -0.2) is 4.79 Å². The standard InChI is InChI=1S/C19H24N2O4/c1-3-25-19(24)17-6-4-5-10-21(17)18(23)15-7-8-16-14(12-15)9-11-20(16)13(2)22/h7-8,12,17H,3-6,9-11H2,1-2H3/t17-/m0/s1. The first-order valence-corrected chi connectivity index (χ1v) is 8.91. The van der Waals surface area contributed by atoms with Gasteiger partial charge in [-0.2, -0.15) is 0 Å². The number of ether oxygens (including phenoxy) is 1. The van der Waals surface area contributed by atoms with E-state index in [1.807, 2.05) is 12.1 Å². The summed E-state index contributed by atoms with van der Waals surface area (Å²) in [5.74, 6) is -0.447. The molecule has 1 atom stereocenters. The topological polar surface area (TPSA) is 66.9 Å². The van der Waals surface area contributed by atoms with Crippen LogP contribution in [0, 0.1) is 0 Å². The normalized spacial score (nSPS) is 19.5. The first-order valence-electron chi connectivity index (χ1n) is 8.91. The molecular weight excluding hydrogens is 320 g/mol.